The molecule has 0 saturated carbocycles. The molecule has 2 aliphatic rings. The van der Waals surface area contributed by atoms with Gasteiger partial charge in [-0.25, -0.2) is 9.97 Å². The van der Waals surface area contributed by atoms with Gasteiger partial charge in [0.25, 0.3) is 5.91 Å². The van der Waals surface area contributed by atoms with Gasteiger partial charge < -0.3 is 14.5 Å². The molecule has 0 unspecified atom stereocenters. The van der Waals surface area contributed by atoms with Crippen LogP contribution in [0.25, 0.3) is 0 Å². The first kappa shape index (κ1) is 16.8. The Hall–Kier alpha value is -2.63. The van der Waals surface area contributed by atoms with E-state index in [0.29, 0.717) is 31.0 Å². The Morgan fingerprint density at radius 2 is 1.92 bits per heavy atom. The number of piperazine rings is 1. The molecule has 6 nitrogen and oxygen atoms in total. The smallest absolute Gasteiger partial charge is 0.257 e. The van der Waals surface area contributed by atoms with Crippen molar-refractivity contribution < 1.29 is 9.53 Å². The fourth-order valence-electron chi connectivity index (χ4n) is 3.83. The van der Waals surface area contributed by atoms with Gasteiger partial charge in [-0.15, -0.1) is 0 Å². The highest BCUT2D eigenvalue weighted by Crippen LogP contribution is 2.29. The average molecular weight is 352 g/mol. The van der Waals surface area contributed by atoms with Crippen LogP contribution >= 0.6 is 0 Å². The van der Waals surface area contributed by atoms with Gasteiger partial charge >= 0.3 is 0 Å². The quantitative estimate of drug-likeness (QED) is 0.845. The maximum atomic E-state index is 12.9. The molecule has 0 N–H and O–H groups in total. The van der Waals surface area contributed by atoms with E-state index >= 15 is 0 Å². The predicted molar refractivity (Wildman–Crippen MR) is 99.8 cm³/mol. The van der Waals surface area contributed by atoms with E-state index in [2.05, 4.69) is 14.9 Å². The predicted octanol–water partition coefficient (Wildman–Crippen LogP) is 2.33. The number of carbonyl (C=O) groups excluding carboxylic acids is 1. The van der Waals surface area contributed by atoms with E-state index in [0.717, 1.165) is 38.2 Å². The van der Waals surface area contributed by atoms with Crippen molar-refractivity contribution >= 4 is 11.7 Å². The summed E-state index contributed by atoms with van der Waals surface area (Å²) in [4.78, 5) is 26.1. The van der Waals surface area contributed by atoms with Crippen molar-refractivity contribution in [2.24, 2.45) is 0 Å². The molecule has 1 aromatic carbocycles. The van der Waals surface area contributed by atoms with Crippen molar-refractivity contribution in [3.63, 3.8) is 0 Å². The van der Waals surface area contributed by atoms with Crippen molar-refractivity contribution in [2.75, 3.05) is 37.7 Å². The Labute approximate surface area is 153 Å². The maximum Gasteiger partial charge on any atom is 0.257 e. The Bertz CT molecular complexity index is 800. The molecular formula is C20H24N4O2. The number of amides is 1. The van der Waals surface area contributed by atoms with E-state index in [1.807, 2.05) is 36.1 Å². The van der Waals surface area contributed by atoms with Gasteiger partial charge in [-0.1, -0.05) is 12.1 Å². The monoisotopic (exact) mass is 352 g/mol. The minimum atomic E-state index is 0.0432. The summed E-state index contributed by atoms with van der Waals surface area (Å²) >= 11 is 0. The first-order valence-electron chi connectivity index (χ1n) is 9.36. The number of anilines is 1. The van der Waals surface area contributed by atoms with Crippen molar-refractivity contribution in [2.45, 2.75) is 26.2 Å². The van der Waals surface area contributed by atoms with E-state index in [1.54, 1.807) is 6.33 Å². The van der Waals surface area contributed by atoms with Crippen LogP contribution in [0.4, 0.5) is 5.82 Å². The zero-order valence-corrected chi connectivity index (χ0v) is 15.1. The summed E-state index contributed by atoms with van der Waals surface area (Å²) in [7, 11) is 0. The number of hydrogen-bond donors (Lipinski definition) is 0. The van der Waals surface area contributed by atoms with E-state index in [1.165, 1.54) is 11.3 Å². The summed E-state index contributed by atoms with van der Waals surface area (Å²) in [5, 5.41) is 0. The van der Waals surface area contributed by atoms with Crippen LogP contribution in [0.5, 0.6) is 5.75 Å². The number of nitrogens with zero attached hydrogens (tertiary/aromatic N) is 4. The van der Waals surface area contributed by atoms with Gasteiger partial charge in [0.2, 0.25) is 0 Å². The molecule has 6 heteroatoms. The third-order valence-corrected chi connectivity index (χ3v) is 5.14. The zero-order chi connectivity index (χ0) is 17.9. The molecule has 0 atom stereocenters. The molecule has 1 aliphatic carbocycles. The molecule has 1 aromatic heterocycles. The molecular weight excluding hydrogens is 328 g/mol. The van der Waals surface area contributed by atoms with Crippen molar-refractivity contribution in [1.82, 2.24) is 14.9 Å². The number of fused-ring (bicyclic) bond motifs is 1. The molecule has 2 aromatic rings. The number of aromatic nitrogens is 2. The first-order valence-corrected chi connectivity index (χ1v) is 9.36. The van der Waals surface area contributed by atoms with Crippen LogP contribution in [0.2, 0.25) is 0 Å². The standard InChI is InChI=1S/C20H24N4O2/c1-2-26-18-9-4-3-6-16(18)20(25)24-12-10-23(11-13-24)19-15-7-5-8-17(15)21-14-22-19/h3-4,6,9,14H,2,5,7-8,10-13H2,1H3. The van der Waals surface area contributed by atoms with Gasteiger partial charge in [0, 0.05) is 37.4 Å². The lowest BCUT2D eigenvalue weighted by molar-refractivity contribution is 0.0742. The van der Waals surface area contributed by atoms with Crippen molar-refractivity contribution in [3.8, 4) is 5.75 Å². The Morgan fingerprint density at radius 1 is 1.12 bits per heavy atom. The third-order valence-electron chi connectivity index (χ3n) is 5.14. The third kappa shape index (κ3) is 3.11. The van der Waals surface area contributed by atoms with Crippen LogP contribution in [0, 0.1) is 0 Å². The summed E-state index contributed by atoms with van der Waals surface area (Å²) in [6.45, 7) is 5.46. The second kappa shape index (κ2) is 7.32. The first-order chi connectivity index (χ1) is 12.8. The van der Waals surface area contributed by atoms with E-state index < -0.39 is 0 Å². The second-order valence-electron chi connectivity index (χ2n) is 6.68. The average Bonchev–Trinajstić information content (AvgIpc) is 3.17. The molecule has 0 radical (unpaired) electrons. The minimum Gasteiger partial charge on any atom is -0.493 e. The lowest BCUT2D eigenvalue weighted by Gasteiger charge is -2.36. The van der Waals surface area contributed by atoms with E-state index in [9.17, 15) is 4.79 Å². The highest BCUT2D eigenvalue weighted by molar-refractivity contribution is 5.97. The van der Waals surface area contributed by atoms with Gasteiger partial charge in [0.15, 0.2) is 0 Å². The Kier molecular flexibility index (Phi) is 4.73. The molecule has 0 bridgehead atoms. The summed E-state index contributed by atoms with van der Waals surface area (Å²) in [6, 6.07) is 7.49. The van der Waals surface area contributed by atoms with Crippen LogP contribution < -0.4 is 9.64 Å². The fraction of sp³-hybridized carbons (Fsp3) is 0.450. The number of carbonyl (C=O) groups is 1. The second-order valence-corrected chi connectivity index (χ2v) is 6.68. The topological polar surface area (TPSA) is 58.6 Å². The molecule has 1 fully saturated rings. The number of hydrogen-bond acceptors (Lipinski definition) is 5. The lowest BCUT2D eigenvalue weighted by Crippen LogP contribution is -2.49. The summed E-state index contributed by atoms with van der Waals surface area (Å²) < 4.78 is 5.61. The molecule has 1 aliphatic heterocycles. The Balaban J connectivity index is 1.46. The molecule has 2 heterocycles. The van der Waals surface area contributed by atoms with Gasteiger partial charge in [0.1, 0.15) is 17.9 Å². The number of para-hydroxylation sites is 1. The van der Waals surface area contributed by atoms with Crippen LogP contribution in [0.1, 0.15) is 35.0 Å². The van der Waals surface area contributed by atoms with Crippen LogP contribution in [0.3, 0.4) is 0 Å². The lowest BCUT2D eigenvalue weighted by atomic mass is 10.1. The van der Waals surface area contributed by atoms with Gasteiger partial charge in [-0.05, 0) is 38.3 Å². The number of aryl methyl sites for hydroxylation is 1. The molecule has 26 heavy (non-hydrogen) atoms. The minimum absolute atomic E-state index is 0.0432. The summed E-state index contributed by atoms with van der Waals surface area (Å²) in [5.74, 6) is 1.77. The van der Waals surface area contributed by atoms with E-state index in [-0.39, 0.29) is 5.91 Å². The van der Waals surface area contributed by atoms with Crippen molar-refractivity contribution in [3.05, 3.63) is 47.4 Å². The van der Waals surface area contributed by atoms with Crippen LogP contribution in [-0.4, -0.2) is 53.6 Å². The fourth-order valence-corrected chi connectivity index (χ4v) is 3.83. The normalized spacial score (nSPS) is 16.5. The highest BCUT2D eigenvalue weighted by Gasteiger charge is 2.27. The summed E-state index contributed by atoms with van der Waals surface area (Å²) in [6.07, 6.45) is 4.95. The number of benzene rings is 1. The van der Waals surface area contributed by atoms with Crippen LogP contribution in [-0.2, 0) is 12.8 Å². The molecule has 1 saturated heterocycles. The van der Waals surface area contributed by atoms with Crippen molar-refractivity contribution in [1.29, 1.82) is 0 Å². The molecule has 136 valence electrons. The largest absolute Gasteiger partial charge is 0.493 e. The molecule has 4 rings (SSSR count). The van der Waals surface area contributed by atoms with Gasteiger partial charge in [-0.2, -0.15) is 0 Å². The van der Waals surface area contributed by atoms with Gasteiger partial charge in [0.05, 0.1) is 12.2 Å². The zero-order valence-electron chi connectivity index (χ0n) is 15.1. The van der Waals surface area contributed by atoms with Gasteiger partial charge in [-0.3, -0.25) is 4.79 Å². The maximum absolute atomic E-state index is 12.9. The number of ether oxygens (including phenoxy) is 1. The summed E-state index contributed by atoms with van der Waals surface area (Å²) in [5.41, 5.74) is 3.14. The molecule has 1 amide bonds. The van der Waals surface area contributed by atoms with Crippen LogP contribution in [0.15, 0.2) is 30.6 Å². The number of rotatable bonds is 4. The van der Waals surface area contributed by atoms with E-state index in [4.69, 9.17) is 4.74 Å². The molecule has 0 spiro atoms. The Morgan fingerprint density at radius 3 is 2.73 bits per heavy atom. The highest BCUT2D eigenvalue weighted by atomic mass is 16.5. The SMILES string of the molecule is CCOc1ccccc1C(=O)N1CCN(c2ncnc3c2CCC3)CC1.